The van der Waals surface area contributed by atoms with Crippen molar-refractivity contribution in [3.63, 3.8) is 0 Å². The fourth-order valence-corrected chi connectivity index (χ4v) is 4.45. The van der Waals surface area contributed by atoms with Crippen LogP contribution < -0.4 is 4.74 Å². The second-order valence-electron chi connectivity index (χ2n) is 8.29. The molecule has 2 amide bonds. The molecule has 2 saturated heterocycles. The van der Waals surface area contributed by atoms with E-state index in [9.17, 15) is 9.59 Å². The van der Waals surface area contributed by atoms with Crippen LogP contribution >= 0.6 is 11.6 Å². The molecule has 0 radical (unpaired) electrons. The summed E-state index contributed by atoms with van der Waals surface area (Å²) in [5, 5.41) is 0.679. The first kappa shape index (κ1) is 22.6. The molecular formula is C25H29ClN2O4. The number of piperidine rings is 1. The van der Waals surface area contributed by atoms with Crippen LogP contribution in [0.1, 0.15) is 30.9 Å². The molecule has 0 aliphatic carbocycles. The molecule has 2 aliphatic heterocycles. The molecule has 2 heterocycles. The van der Waals surface area contributed by atoms with E-state index in [1.807, 2.05) is 64.4 Å². The molecule has 0 bridgehead atoms. The second-order valence-corrected chi connectivity index (χ2v) is 8.72. The topological polar surface area (TPSA) is 59.1 Å². The number of nitrogens with zero attached hydrogens (tertiary/aromatic N) is 2. The van der Waals surface area contributed by atoms with Crippen molar-refractivity contribution in [3.8, 4) is 5.75 Å². The van der Waals surface area contributed by atoms with Crippen LogP contribution in [-0.2, 0) is 14.3 Å². The van der Waals surface area contributed by atoms with E-state index in [0.29, 0.717) is 50.8 Å². The number of likely N-dealkylation sites (tertiary alicyclic amines) is 1. The SMILES string of the molecule is O=C(CCOc1ccccc1)N1CCCC(C(=O)N2CCOC(c3ccc(Cl)cc3)C2)C1. The molecule has 170 valence electrons. The highest BCUT2D eigenvalue weighted by atomic mass is 35.5. The van der Waals surface area contributed by atoms with Gasteiger partial charge in [-0.2, -0.15) is 0 Å². The molecule has 2 fully saturated rings. The van der Waals surface area contributed by atoms with E-state index in [-0.39, 0.29) is 23.8 Å². The van der Waals surface area contributed by atoms with Crippen molar-refractivity contribution in [2.75, 3.05) is 39.4 Å². The second kappa shape index (κ2) is 10.8. The van der Waals surface area contributed by atoms with Crippen LogP contribution in [0.4, 0.5) is 0 Å². The Labute approximate surface area is 194 Å². The van der Waals surface area contributed by atoms with Crippen LogP contribution in [0.25, 0.3) is 0 Å². The monoisotopic (exact) mass is 456 g/mol. The van der Waals surface area contributed by atoms with Crippen LogP contribution in [0.5, 0.6) is 5.75 Å². The van der Waals surface area contributed by atoms with Crippen molar-refractivity contribution >= 4 is 23.4 Å². The van der Waals surface area contributed by atoms with Crippen LogP contribution in [0, 0.1) is 5.92 Å². The largest absolute Gasteiger partial charge is 0.493 e. The number of rotatable bonds is 6. The number of carbonyl (C=O) groups excluding carboxylic acids is 2. The lowest BCUT2D eigenvalue weighted by molar-refractivity contribution is -0.147. The Kier molecular flexibility index (Phi) is 7.66. The molecule has 32 heavy (non-hydrogen) atoms. The predicted molar refractivity (Wildman–Crippen MR) is 123 cm³/mol. The zero-order valence-corrected chi connectivity index (χ0v) is 18.9. The molecule has 6 nitrogen and oxygen atoms in total. The zero-order chi connectivity index (χ0) is 22.3. The summed E-state index contributed by atoms with van der Waals surface area (Å²) in [6.45, 7) is 3.12. The number of halogens is 1. The van der Waals surface area contributed by atoms with E-state index >= 15 is 0 Å². The van der Waals surface area contributed by atoms with Crippen molar-refractivity contribution in [1.82, 2.24) is 9.80 Å². The minimum Gasteiger partial charge on any atom is -0.493 e. The highest BCUT2D eigenvalue weighted by Crippen LogP contribution is 2.26. The highest BCUT2D eigenvalue weighted by molar-refractivity contribution is 6.30. The molecule has 0 spiro atoms. The lowest BCUT2D eigenvalue weighted by atomic mass is 9.95. The van der Waals surface area contributed by atoms with Crippen molar-refractivity contribution in [2.45, 2.75) is 25.4 Å². The van der Waals surface area contributed by atoms with Crippen molar-refractivity contribution in [3.05, 3.63) is 65.2 Å². The molecule has 0 N–H and O–H groups in total. The summed E-state index contributed by atoms with van der Waals surface area (Å²) in [6, 6.07) is 17.1. The first-order valence-electron chi connectivity index (χ1n) is 11.2. The van der Waals surface area contributed by atoms with Gasteiger partial charge in [-0.05, 0) is 42.7 Å². The average molecular weight is 457 g/mol. The average Bonchev–Trinajstić information content (AvgIpc) is 2.85. The highest BCUT2D eigenvalue weighted by Gasteiger charge is 2.33. The van der Waals surface area contributed by atoms with Gasteiger partial charge in [-0.25, -0.2) is 0 Å². The number of hydrogen-bond acceptors (Lipinski definition) is 4. The van der Waals surface area contributed by atoms with Crippen LogP contribution in [-0.4, -0.2) is 61.0 Å². The summed E-state index contributed by atoms with van der Waals surface area (Å²) < 4.78 is 11.5. The molecule has 2 atom stereocenters. The molecular weight excluding hydrogens is 428 g/mol. The zero-order valence-electron chi connectivity index (χ0n) is 18.1. The van der Waals surface area contributed by atoms with E-state index in [2.05, 4.69) is 0 Å². The normalized spacial score (nSPS) is 21.3. The Morgan fingerprint density at radius 3 is 2.56 bits per heavy atom. The Hall–Kier alpha value is -2.57. The van der Waals surface area contributed by atoms with Gasteiger partial charge in [-0.15, -0.1) is 0 Å². The molecule has 0 aromatic heterocycles. The minimum atomic E-state index is -0.160. The lowest BCUT2D eigenvalue weighted by Crippen LogP contribution is -2.50. The molecule has 2 aromatic rings. The maximum Gasteiger partial charge on any atom is 0.227 e. The molecule has 7 heteroatoms. The maximum atomic E-state index is 13.2. The number of carbonyl (C=O) groups is 2. The minimum absolute atomic E-state index is 0.0412. The first-order valence-corrected chi connectivity index (χ1v) is 11.6. The summed E-state index contributed by atoms with van der Waals surface area (Å²) in [7, 11) is 0. The standard InChI is InChI=1S/C25H29ClN2O4/c26-21-10-8-19(9-11-21)23-18-28(14-16-32-23)25(30)20-5-4-13-27(17-20)24(29)12-15-31-22-6-2-1-3-7-22/h1-3,6-11,20,23H,4-5,12-18H2. The van der Waals surface area contributed by atoms with Gasteiger partial charge >= 0.3 is 0 Å². The van der Waals surface area contributed by atoms with Gasteiger partial charge in [-0.1, -0.05) is 41.9 Å². The van der Waals surface area contributed by atoms with Gasteiger partial charge in [0, 0.05) is 24.7 Å². The molecule has 2 aromatic carbocycles. The van der Waals surface area contributed by atoms with Gasteiger partial charge in [0.2, 0.25) is 11.8 Å². The number of amides is 2. The van der Waals surface area contributed by atoms with E-state index < -0.39 is 0 Å². The van der Waals surface area contributed by atoms with Gasteiger partial charge in [-0.3, -0.25) is 9.59 Å². The Morgan fingerprint density at radius 2 is 1.78 bits per heavy atom. The van der Waals surface area contributed by atoms with Gasteiger partial charge in [0.05, 0.1) is 32.1 Å². The quantitative estimate of drug-likeness (QED) is 0.660. The molecule has 2 aliphatic rings. The van der Waals surface area contributed by atoms with E-state index in [0.717, 1.165) is 24.2 Å². The Bertz CT molecular complexity index is 906. The summed E-state index contributed by atoms with van der Waals surface area (Å²) >= 11 is 5.99. The van der Waals surface area contributed by atoms with E-state index in [1.165, 1.54) is 0 Å². The van der Waals surface area contributed by atoms with Crippen molar-refractivity contribution < 1.29 is 19.1 Å². The Morgan fingerprint density at radius 1 is 1.00 bits per heavy atom. The number of hydrogen-bond donors (Lipinski definition) is 0. The summed E-state index contributed by atoms with van der Waals surface area (Å²) in [5.41, 5.74) is 1.02. The molecule has 2 unspecified atom stereocenters. The van der Waals surface area contributed by atoms with Gasteiger partial charge in [0.25, 0.3) is 0 Å². The van der Waals surface area contributed by atoms with E-state index in [1.54, 1.807) is 0 Å². The smallest absolute Gasteiger partial charge is 0.227 e. The molecule has 0 saturated carbocycles. The maximum absolute atomic E-state index is 13.2. The molecule has 4 rings (SSSR count). The third-order valence-corrected chi connectivity index (χ3v) is 6.32. The third kappa shape index (κ3) is 5.81. The van der Waals surface area contributed by atoms with Crippen molar-refractivity contribution in [2.24, 2.45) is 5.92 Å². The summed E-state index contributed by atoms with van der Waals surface area (Å²) in [5.74, 6) is 0.756. The van der Waals surface area contributed by atoms with E-state index in [4.69, 9.17) is 21.1 Å². The van der Waals surface area contributed by atoms with Crippen molar-refractivity contribution in [1.29, 1.82) is 0 Å². The van der Waals surface area contributed by atoms with Crippen LogP contribution in [0.2, 0.25) is 5.02 Å². The lowest BCUT2D eigenvalue weighted by Gasteiger charge is -2.38. The summed E-state index contributed by atoms with van der Waals surface area (Å²) in [4.78, 5) is 29.6. The number of morpholine rings is 1. The fraction of sp³-hybridized carbons (Fsp3) is 0.440. The number of ether oxygens (including phenoxy) is 2. The number of para-hydroxylation sites is 1. The Balaban J connectivity index is 1.28. The van der Waals surface area contributed by atoms with Gasteiger partial charge < -0.3 is 19.3 Å². The van der Waals surface area contributed by atoms with Crippen LogP contribution in [0.15, 0.2) is 54.6 Å². The van der Waals surface area contributed by atoms with Crippen LogP contribution in [0.3, 0.4) is 0 Å². The number of benzene rings is 2. The van der Waals surface area contributed by atoms with Gasteiger partial charge in [0.1, 0.15) is 11.9 Å². The summed E-state index contributed by atoms with van der Waals surface area (Å²) in [6.07, 6.45) is 1.81. The predicted octanol–water partition coefficient (Wildman–Crippen LogP) is 3.95. The first-order chi connectivity index (χ1) is 15.6. The third-order valence-electron chi connectivity index (χ3n) is 6.07. The fourth-order valence-electron chi connectivity index (χ4n) is 4.32. The van der Waals surface area contributed by atoms with Gasteiger partial charge in [0.15, 0.2) is 0 Å².